The maximum atomic E-state index is 12.4. The molecule has 0 saturated carbocycles. The molecule has 2 aliphatic rings. The fourth-order valence-corrected chi connectivity index (χ4v) is 3.04. The summed E-state index contributed by atoms with van der Waals surface area (Å²) in [6.07, 6.45) is 2.96. The smallest absolute Gasteiger partial charge is 0.227 e. The summed E-state index contributed by atoms with van der Waals surface area (Å²) in [5.41, 5.74) is 1.13. The first-order valence-electron chi connectivity index (χ1n) is 7.48. The third-order valence-corrected chi connectivity index (χ3v) is 4.34. The summed E-state index contributed by atoms with van der Waals surface area (Å²) >= 11 is 0. The zero-order valence-corrected chi connectivity index (χ0v) is 11.9. The SMILES string of the molecule is CC1NCCCC1NC(=O)C1COc2ccccc2C1. The number of ether oxygens (including phenoxy) is 1. The minimum Gasteiger partial charge on any atom is -0.492 e. The van der Waals surface area contributed by atoms with Gasteiger partial charge in [0, 0.05) is 12.1 Å². The van der Waals surface area contributed by atoms with Crippen LogP contribution in [-0.2, 0) is 11.2 Å². The van der Waals surface area contributed by atoms with Crippen LogP contribution in [0.25, 0.3) is 0 Å². The number of fused-ring (bicyclic) bond motifs is 1. The van der Waals surface area contributed by atoms with Crippen LogP contribution in [0.2, 0.25) is 0 Å². The van der Waals surface area contributed by atoms with Crippen molar-refractivity contribution in [2.45, 2.75) is 38.3 Å². The number of rotatable bonds is 2. The van der Waals surface area contributed by atoms with Crippen molar-refractivity contribution in [1.82, 2.24) is 10.6 Å². The van der Waals surface area contributed by atoms with Crippen molar-refractivity contribution in [3.05, 3.63) is 29.8 Å². The topological polar surface area (TPSA) is 50.4 Å². The fraction of sp³-hybridized carbons (Fsp3) is 0.562. The molecule has 108 valence electrons. The molecule has 0 spiro atoms. The highest BCUT2D eigenvalue weighted by molar-refractivity contribution is 5.80. The highest BCUT2D eigenvalue weighted by Gasteiger charge is 2.29. The molecular formula is C16H22N2O2. The minimum absolute atomic E-state index is 0.0703. The van der Waals surface area contributed by atoms with Gasteiger partial charge in [0.15, 0.2) is 0 Å². The predicted octanol–water partition coefficient (Wildman–Crippen LogP) is 1.49. The van der Waals surface area contributed by atoms with Gasteiger partial charge >= 0.3 is 0 Å². The van der Waals surface area contributed by atoms with E-state index in [1.165, 1.54) is 0 Å². The lowest BCUT2D eigenvalue weighted by Crippen LogP contribution is -2.54. The van der Waals surface area contributed by atoms with Crippen molar-refractivity contribution < 1.29 is 9.53 Å². The maximum Gasteiger partial charge on any atom is 0.227 e. The summed E-state index contributed by atoms with van der Waals surface area (Å²) in [6, 6.07) is 8.57. The summed E-state index contributed by atoms with van der Waals surface area (Å²) < 4.78 is 5.70. The third kappa shape index (κ3) is 2.80. The lowest BCUT2D eigenvalue weighted by atomic mass is 9.94. The first-order valence-corrected chi connectivity index (χ1v) is 7.48. The van der Waals surface area contributed by atoms with Crippen molar-refractivity contribution in [3.8, 4) is 5.75 Å². The third-order valence-electron chi connectivity index (χ3n) is 4.34. The lowest BCUT2D eigenvalue weighted by Gasteiger charge is -2.32. The first-order chi connectivity index (χ1) is 9.74. The summed E-state index contributed by atoms with van der Waals surface area (Å²) in [4.78, 5) is 12.4. The van der Waals surface area contributed by atoms with Gasteiger partial charge in [0.2, 0.25) is 5.91 Å². The largest absolute Gasteiger partial charge is 0.492 e. The second-order valence-corrected chi connectivity index (χ2v) is 5.82. The van der Waals surface area contributed by atoms with E-state index in [4.69, 9.17) is 4.74 Å². The number of carbonyl (C=O) groups is 1. The van der Waals surface area contributed by atoms with E-state index in [0.717, 1.165) is 37.1 Å². The van der Waals surface area contributed by atoms with Gasteiger partial charge < -0.3 is 15.4 Å². The highest BCUT2D eigenvalue weighted by Crippen LogP contribution is 2.27. The lowest BCUT2D eigenvalue weighted by molar-refractivity contribution is -0.127. The van der Waals surface area contributed by atoms with Gasteiger partial charge in [-0.15, -0.1) is 0 Å². The molecule has 3 atom stereocenters. The van der Waals surface area contributed by atoms with Crippen LogP contribution in [0.5, 0.6) is 5.75 Å². The summed E-state index contributed by atoms with van der Waals surface area (Å²) in [5, 5.41) is 6.60. The molecule has 4 nitrogen and oxygen atoms in total. The Morgan fingerprint density at radius 1 is 1.40 bits per heavy atom. The van der Waals surface area contributed by atoms with Crippen LogP contribution >= 0.6 is 0 Å². The standard InChI is InChI=1S/C16H22N2O2/c1-11-14(6-4-8-17-11)18-16(19)13-9-12-5-2-3-7-15(12)20-10-13/h2-3,5,7,11,13-14,17H,4,6,8-10H2,1H3,(H,18,19). The van der Waals surface area contributed by atoms with Crippen LogP contribution in [-0.4, -0.2) is 31.1 Å². The highest BCUT2D eigenvalue weighted by atomic mass is 16.5. The molecule has 0 aliphatic carbocycles. The van der Waals surface area contributed by atoms with Gasteiger partial charge in [-0.3, -0.25) is 4.79 Å². The van der Waals surface area contributed by atoms with Crippen molar-refractivity contribution in [1.29, 1.82) is 0 Å². The van der Waals surface area contributed by atoms with Gasteiger partial charge in [-0.2, -0.15) is 0 Å². The molecule has 2 heterocycles. The normalized spacial score (nSPS) is 29.1. The first kappa shape index (κ1) is 13.4. The minimum atomic E-state index is -0.0703. The van der Waals surface area contributed by atoms with E-state index in [9.17, 15) is 4.79 Å². The van der Waals surface area contributed by atoms with Crippen LogP contribution in [0.1, 0.15) is 25.3 Å². The summed E-state index contributed by atoms with van der Waals surface area (Å²) in [6.45, 7) is 3.67. The Hall–Kier alpha value is -1.55. The molecule has 1 amide bonds. The van der Waals surface area contributed by atoms with Crippen LogP contribution in [0.15, 0.2) is 24.3 Å². The molecule has 20 heavy (non-hydrogen) atoms. The Labute approximate surface area is 119 Å². The van der Waals surface area contributed by atoms with Crippen LogP contribution in [0, 0.1) is 5.92 Å². The van der Waals surface area contributed by atoms with Crippen LogP contribution in [0.4, 0.5) is 0 Å². The number of para-hydroxylation sites is 1. The molecule has 0 aromatic heterocycles. The van der Waals surface area contributed by atoms with Gasteiger partial charge in [0.25, 0.3) is 0 Å². The van der Waals surface area contributed by atoms with Gasteiger partial charge in [-0.05, 0) is 44.4 Å². The quantitative estimate of drug-likeness (QED) is 0.859. The van der Waals surface area contributed by atoms with E-state index >= 15 is 0 Å². The van der Waals surface area contributed by atoms with E-state index in [-0.39, 0.29) is 17.9 Å². The molecule has 2 N–H and O–H groups in total. The van der Waals surface area contributed by atoms with Crippen molar-refractivity contribution in [2.24, 2.45) is 5.92 Å². The number of carbonyl (C=O) groups excluding carboxylic acids is 1. The average Bonchev–Trinajstić information content (AvgIpc) is 2.49. The van der Waals surface area contributed by atoms with E-state index in [0.29, 0.717) is 12.6 Å². The number of piperidine rings is 1. The second kappa shape index (κ2) is 5.83. The Balaban J connectivity index is 1.61. The second-order valence-electron chi connectivity index (χ2n) is 5.82. The Bertz CT molecular complexity index is 489. The van der Waals surface area contributed by atoms with Crippen molar-refractivity contribution in [3.63, 3.8) is 0 Å². The molecule has 3 rings (SSSR count). The summed E-state index contributed by atoms with van der Waals surface area (Å²) in [7, 11) is 0. The Morgan fingerprint density at radius 2 is 2.25 bits per heavy atom. The van der Waals surface area contributed by atoms with E-state index in [2.05, 4.69) is 17.6 Å². The number of hydrogen-bond donors (Lipinski definition) is 2. The summed E-state index contributed by atoms with van der Waals surface area (Å²) in [5.74, 6) is 0.975. The fourth-order valence-electron chi connectivity index (χ4n) is 3.04. The molecule has 4 heteroatoms. The molecule has 1 aromatic rings. The maximum absolute atomic E-state index is 12.4. The zero-order valence-electron chi connectivity index (χ0n) is 11.9. The van der Waals surface area contributed by atoms with Gasteiger partial charge in [0.05, 0.1) is 5.92 Å². The Morgan fingerprint density at radius 3 is 3.10 bits per heavy atom. The van der Waals surface area contributed by atoms with E-state index in [1.54, 1.807) is 0 Å². The van der Waals surface area contributed by atoms with Gasteiger partial charge in [0.1, 0.15) is 12.4 Å². The van der Waals surface area contributed by atoms with Crippen LogP contribution < -0.4 is 15.4 Å². The predicted molar refractivity (Wildman–Crippen MR) is 77.8 cm³/mol. The molecule has 1 saturated heterocycles. The molecule has 0 radical (unpaired) electrons. The van der Waals surface area contributed by atoms with Gasteiger partial charge in [-0.1, -0.05) is 18.2 Å². The number of nitrogens with one attached hydrogen (secondary N) is 2. The van der Waals surface area contributed by atoms with Gasteiger partial charge in [-0.25, -0.2) is 0 Å². The average molecular weight is 274 g/mol. The number of amides is 1. The number of hydrogen-bond acceptors (Lipinski definition) is 3. The zero-order chi connectivity index (χ0) is 13.9. The molecule has 0 bridgehead atoms. The molecular weight excluding hydrogens is 252 g/mol. The van der Waals surface area contributed by atoms with E-state index < -0.39 is 0 Å². The molecule has 2 aliphatic heterocycles. The Kier molecular flexibility index (Phi) is 3.92. The molecule has 1 fully saturated rings. The monoisotopic (exact) mass is 274 g/mol. The number of benzene rings is 1. The van der Waals surface area contributed by atoms with Crippen LogP contribution in [0.3, 0.4) is 0 Å². The van der Waals surface area contributed by atoms with Crippen molar-refractivity contribution >= 4 is 5.91 Å². The van der Waals surface area contributed by atoms with Crippen molar-refractivity contribution in [2.75, 3.05) is 13.2 Å². The molecule has 1 aromatic carbocycles. The molecule has 3 unspecified atom stereocenters. The van der Waals surface area contributed by atoms with E-state index in [1.807, 2.05) is 24.3 Å².